The molecule has 0 N–H and O–H groups in total. The van der Waals surface area contributed by atoms with Gasteiger partial charge >= 0.3 is 0 Å². The lowest BCUT2D eigenvalue weighted by Crippen LogP contribution is -2.95. The molecule has 1 unspecified atom stereocenters. The van der Waals surface area contributed by atoms with Crippen LogP contribution in [0.1, 0.15) is 61.4 Å². The summed E-state index contributed by atoms with van der Waals surface area (Å²) in [5.74, 6) is 1.23. The van der Waals surface area contributed by atoms with Gasteiger partial charge in [0, 0.05) is 30.5 Å². The van der Waals surface area contributed by atoms with Crippen molar-refractivity contribution in [2.24, 2.45) is 0 Å². The molecule has 1 aromatic heterocycles. The highest BCUT2D eigenvalue weighted by molar-refractivity contribution is 6.71. The molecule has 46 heavy (non-hydrogen) atoms. The van der Waals surface area contributed by atoms with Crippen LogP contribution in [0.25, 0.3) is 0 Å². The van der Waals surface area contributed by atoms with E-state index in [0.717, 1.165) is 35.5 Å². The van der Waals surface area contributed by atoms with Crippen molar-refractivity contribution in [2.75, 3.05) is 18.6 Å². The van der Waals surface area contributed by atoms with E-state index in [1.165, 1.54) is 0 Å². The van der Waals surface area contributed by atoms with Gasteiger partial charge < -0.3 is 19.3 Å². The SMILES string of the molecule is BC(B)(B)C(B)(C(B)(B)B)C1(B)N(C(=O)CCOC)C(B)(B)C(B)(B)N(c2nc(C3CC3)c3c(c2C#N)CC(C)(C)OC3)C1(B)B. The van der Waals surface area contributed by atoms with Crippen LogP contribution in [0.2, 0.25) is 15.5 Å². The van der Waals surface area contributed by atoms with Gasteiger partial charge in [-0.3, -0.25) is 4.79 Å². The summed E-state index contributed by atoms with van der Waals surface area (Å²) in [6.45, 7) is 5.08. The minimum absolute atomic E-state index is 0.0892. The van der Waals surface area contributed by atoms with Crippen molar-refractivity contribution >= 4 is 122 Å². The van der Waals surface area contributed by atoms with Crippen LogP contribution >= 0.6 is 0 Å². The summed E-state index contributed by atoms with van der Waals surface area (Å²) in [6.07, 6.45) is 3.18. The number of pyridine rings is 1. The number of piperazine rings is 1. The molecule has 0 radical (unpaired) electrons. The summed E-state index contributed by atoms with van der Waals surface area (Å²) in [4.78, 5) is 25.0. The molecule has 2 aliphatic heterocycles. The Morgan fingerprint density at radius 2 is 1.50 bits per heavy atom. The Kier molecular flexibility index (Phi) is 9.30. The maximum absolute atomic E-state index is 14.8. The standard InChI is InChI=1S/C25H50B14N4O3/c1-18(2)8-12-13(9-40)17(41-16(11-4-5-11)14(12)10-46-18)43-23(34,35)20(27,19(26,21(28,29)30)22(31,32)33)42(15(44)6-7-45-3)24(36,37)25(43,38)39/h11H,4-8,10,26-39H2,1-3H3. The number of hydrogen-bond acceptors (Lipinski definition) is 6. The lowest BCUT2D eigenvalue weighted by molar-refractivity contribution is -0.143. The van der Waals surface area contributed by atoms with Gasteiger partial charge in [0.05, 0.1) is 83.6 Å². The van der Waals surface area contributed by atoms with E-state index in [9.17, 15) is 10.1 Å². The molecule has 230 valence electrons. The molecular weight excluding hydrogens is 556 g/mol. The van der Waals surface area contributed by atoms with Crippen molar-refractivity contribution in [3.05, 3.63) is 22.4 Å². The fraction of sp³-hybridized carbons (Fsp3) is 0.720. The first-order valence-electron chi connectivity index (χ1n) is 17.4. The van der Waals surface area contributed by atoms with Crippen molar-refractivity contribution in [2.45, 2.75) is 94.6 Å². The molecule has 1 saturated heterocycles. The number of carbonyl (C=O) groups excluding carboxylic acids is 1. The topological polar surface area (TPSA) is 78.7 Å². The van der Waals surface area contributed by atoms with Gasteiger partial charge in [-0.05, 0) is 48.3 Å². The third kappa shape index (κ3) is 5.19. The monoisotopic (exact) mass is 609 g/mol. The predicted octanol–water partition coefficient (Wildman–Crippen LogP) is -10.8. The van der Waals surface area contributed by atoms with Gasteiger partial charge in [-0.1, -0.05) is 5.31 Å². The average molecular weight is 606 g/mol. The van der Waals surface area contributed by atoms with Crippen LogP contribution in [-0.2, 0) is 27.3 Å². The van der Waals surface area contributed by atoms with Gasteiger partial charge in [-0.15, -0.1) is 10.2 Å². The number of methoxy groups -OCH3 is 1. The van der Waals surface area contributed by atoms with Crippen molar-refractivity contribution in [1.29, 1.82) is 5.26 Å². The summed E-state index contributed by atoms with van der Waals surface area (Å²) in [5, 5.41) is 8.19. The maximum Gasteiger partial charge on any atom is 0.223 e. The van der Waals surface area contributed by atoms with E-state index in [-0.39, 0.29) is 21.7 Å². The Morgan fingerprint density at radius 1 is 0.957 bits per heavy atom. The van der Waals surface area contributed by atoms with Gasteiger partial charge in [0.1, 0.15) is 74.7 Å². The van der Waals surface area contributed by atoms with Crippen molar-refractivity contribution in [3.8, 4) is 6.07 Å². The first-order valence-corrected chi connectivity index (χ1v) is 17.4. The third-order valence-electron chi connectivity index (χ3n) is 13.5. The molecule has 3 aliphatic rings. The van der Waals surface area contributed by atoms with Gasteiger partial charge in [0.15, 0.2) is 0 Å². The molecule has 7 nitrogen and oxygen atoms in total. The zero-order valence-corrected chi connectivity index (χ0v) is 32.3. The number of carbonyl (C=O) groups is 1. The minimum atomic E-state index is -0.743. The van der Waals surface area contributed by atoms with Crippen molar-refractivity contribution in [1.82, 2.24) is 9.88 Å². The van der Waals surface area contributed by atoms with Gasteiger partial charge in [-0.25, -0.2) is 4.98 Å². The molecule has 0 bridgehead atoms. The number of nitrogens with zero attached hydrogens (tertiary/aromatic N) is 4. The van der Waals surface area contributed by atoms with E-state index >= 15 is 0 Å². The highest BCUT2D eigenvalue weighted by Crippen LogP contribution is 2.68. The van der Waals surface area contributed by atoms with E-state index in [1.807, 2.05) is 0 Å². The molecule has 4 rings (SSSR count). The van der Waals surface area contributed by atoms with Crippen LogP contribution in [0.4, 0.5) is 5.82 Å². The van der Waals surface area contributed by atoms with E-state index in [2.05, 4.69) is 140 Å². The normalized spacial score (nSPS) is 25.3. The molecule has 1 atom stereocenters. The maximum atomic E-state index is 14.8. The molecule has 2 fully saturated rings. The summed E-state index contributed by atoms with van der Waals surface area (Å²) in [5.41, 5.74) is 2.83. The van der Waals surface area contributed by atoms with Crippen LogP contribution in [0.5, 0.6) is 0 Å². The smallest absolute Gasteiger partial charge is 0.223 e. The lowest BCUT2D eigenvalue weighted by atomic mass is 9.07. The Bertz CT molecular complexity index is 1440. The van der Waals surface area contributed by atoms with Gasteiger partial charge in [0.2, 0.25) is 5.91 Å². The Labute approximate surface area is 291 Å². The zero-order valence-electron chi connectivity index (χ0n) is 32.3. The molecule has 1 aliphatic carbocycles. The second-order valence-electron chi connectivity index (χ2n) is 18.9. The van der Waals surface area contributed by atoms with E-state index in [0.29, 0.717) is 37.5 Å². The highest BCUT2D eigenvalue weighted by atomic mass is 16.5. The summed E-state index contributed by atoms with van der Waals surface area (Å²) in [7, 11) is 33.8. The molecule has 0 spiro atoms. The van der Waals surface area contributed by atoms with E-state index < -0.39 is 26.8 Å². The summed E-state index contributed by atoms with van der Waals surface area (Å²) < 4.78 is 11.8. The fourth-order valence-corrected chi connectivity index (χ4v) is 9.86. The molecule has 0 aromatic carbocycles. The highest BCUT2D eigenvalue weighted by Gasteiger charge is 2.73. The number of amides is 1. The Balaban J connectivity index is 2.19. The van der Waals surface area contributed by atoms with Crippen molar-refractivity contribution < 1.29 is 14.3 Å². The Morgan fingerprint density at radius 3 is 1.96 bits per heavy atom. The number of ether oxygens (including phenoxy) is 2. The zero-order chi connectivity index (χ0) is 35.3. The van der Waals surface area contributed by atoms with E-state index in [4.69, 9.17) is 14.5 Å². The molecule has 1 aromatic rings. The molecule has 1 amide bonds. The number of aromatic nitrogens is 1. The first-order chi connectivity index (χ1) is 20.7. The number of anilines is 1. The van der Waals surface area contributed by atoms with Crippen molar-refractivity contribution in [3.63, 3.8) is 0 Å². The second kappa shape index (κ2) is 11.4. The van der Waals surface area contributed by atoms with Crippen LogP contribution in [0, 0.1) is 11.3 Å². The van der Waals surface area contributed by atoms with E-state index in [1.54, 1.807) is 7.11 Å². The predicted molar refractivity (Wildman–Crippen MR) is 228 cm³/mol. The molecule has 21 heteroatoms. The largest absolute Gasteiger partial charge is 0.384 e. The second-order valence-corrected chi connectivity index (χ2v) is 18.9. The summed E-state index contributed by atoms with van der Waals surface area (Å²) >= 11 is 0. The van der Waals surface area contributed by atoms with Gasteiger partial charge in [0.25, 0.3) is 0 Å². The van der Waals surface area contributed by atoms with Crippen LogP contribution < -0.4 is 4.90 Å². The Hall–Kier alpha value is -1.26. The lowest BCUT2D eigenvalue weighted by Gasteiger charge is -2.81. The number of nitriles is 1. The molecular formula is C25H50B14N4O3. The van der Waals surface area contributed by atoms with Crippen LogP contribution in [-0.4, -0.2) is 166 Å². The average Bonchev–Trinajstić information content (AvgIpc) is 3.73. The van der Waals surface area contributed by atoms with Gasteiger partial charge in [-0.2, -0.15) is 5.26 Å². The minimum Gasteiger partial charge on any atom is -0.384 e. The number of rotatable bonds is 8. The quantitative estimate of drug-likeness (QED) is 0.274. The first kappa shape index (κ1) is 37.6. The third-order valence-corrected chi connectivity index (χ3v) is 13.5. The fourth-order valence-electron chi connectivity index (χ4n) is 9.86. The number of hydrogen-bond donors (Lipinski definition) is 0. The molecule has 3 heterocycles. The number of fused-ring (bicyclic) bond motifs is 1. The van der Waals surface area contributed by atoms with Crippen LogP contribution in [0.15, 0.2) is 0 Å². The summed E-state index contributed by atoms with van der Waals surface area (Å²) in [6, 6.07) is 2.68. The molecule has 1 saturated carbocycles. The van der Waals surface area contributed by atoms with Crippen LogP contribution in [0.3, 0.4) is 0 Å².